The molecule has 0 spiro atoms. The van der Waals surface area contributed by atoms with E-state index in [4.69, 9.17) is 0 Å². The topological polar surface area (TPSA) is 17.8 Å². The van der Waals surface area contributed by atoms with Crippen LogP contribution < -0.4 is 0 Å². The molecule has 0 N–H and O–H groups in total. The smallest absolute Gasteiger partial charge is 0.0945 e. The minimum Gasteiger partial charge on any atom is -0.337 e. The highest BCUT2D eigenvalue weighted by molar-refractivity contribution is 5.01. The Morgan fingerprint density at radius 1 is 1.00 bits per heavy atom. The average Bonchev–Trinajstić information content (AvgIpc) is 2.86. The van der Waals surface area contributed by atoms with Crippen LogP contribution in [0.2, 0.25) is 0 Å². The van der Waals surface area contributed by atoms with Crippen molar-refractivity contribution in [1.82, 2.24) is 9.55 Å². The van der Waals surface area contributed by atoms with Gasteiger partial charge in [0.25, 0.3) is 0 Å². The zero-order valence-electron chi connectivity index (χ0n) is 11.9. The second-order valence-electron chi connectivity index (χ2n) is 7.68. The summed E-state index contributed by atoms with van der Waals surface area (Å²) < 4.78 is 2.22. The normalized spacial score (nSPS) is 39.9. The van der Waals surface area contributed by atoms with Crippen LogP contribution in [0.25, 0.3) is 0 Å². The molecule has 1 aromatic rings. The molecule has 2 nitrogen and oxygen atoms in total. The predicted molar refractivity (Wildman–Crippen MR) is 76.7 cm³/mol. The first-order valence-corrected chi connectivity index (χ1v) is 8.27. The predicted octanol–water partition coefficient (Wildman–Crippen LogP) is 4.27. The van der Waals surface area contributed by atoms with E-state index < -0.39 is 0 Å². The van der Waals surface area contributed by atoms with Crippen LogP contribution in [0.3, 0.4) is 0 Å². The number of nitrogens with zero attached hydrogens (tertiary/aromatic N) is 2. The van der Waals surface area contributed by atoms with Crippen molar-refractivity contribution >= 4 is 0 Å². The van der Waals surface area contributed by atoms with Crippen molar-refractivity contribution in [3.05, 3.63) is 18.7 Å². The first kappa shape index (κ1) is 12.0. The zero-order chi connectivity index (χ0) is 12.7. The SMILES string of the molecule is c1cn(CCCCC23CC4CC(CC(C4)C2)C3)cn1. The van der Waals surface area contributed by atoms with Gasteiger partial charge in [-0.05, 0) is 74.5 Å². The van der Waals surface area contributed by atoms with Crippen molar-refractivity contribution in [3.63, 3.8) is 0 Å². The average molecular weight is 258 g/mol. The van der Waals surface area contributed by atoms with Crippen LogP contribution >= 0.6 is 0 Å². The van der Waals surface area contributed by atoms with E-state index >= 15 is 0 Å². The molecule has 0 saturated heterocycles. The standard InChI is InChI=1S/C17H26N2/c1(2-5-19-6-4-18-13-19)3-17-10-14-7-15(11-17)9-16(8-14)12-17/h4,6,13-16H,1-3,5,7-12H2. The molecule has 0 radical (unpaired) electrons. The molecular weight excluding hydrogens is 232 g/mol. The molecule has 4 aliphatic carbocycles. The molecule has 0 aliphatic heterocycles. The number of hydrogen-bond donors (Lipinski definition) is 0. The summed E-state index contributed by atoms with van der Waals surface area (Å²) in [5, 5.41) is 0. The van der Waals surface area contributed by atoms with Crippen molar-refractivity contribution < 1.29 is 0 Å². The molecule has 2 heteroatoms. The lowest BCUT2D eigenvalue weighted by Crippen LogP contribution is -2.45. The van der Waals surface area contributed by atoms with Gasteiger partial charge in [-0.3, -0.25) is 0 Å². The summed E-state index contributed by atoms with van der Waals surface area (Å²) in [4.78, 5) is 4.12. The van der Waals surface area contributed by atoms with Gasteiger partial charge in [-0.2, -0.15) is 0 Å². The van der Waals surface area contributed by atoms with Crippen LogP contribution in [0.15, 0.2) is 18.7 Å². The van der Waals surface area contributed by atoms with Crippen LogP contribution in [-0.2, 0) is 6.54 Å². The van der Waals surface area contributed by atoms with E-state index in [-0.39, 0.29) is 0 Å². The molecular formula is C17H26N2. The molecule has 0 unspecified atom stereocenters. The second kappa shape index (κ2) is 4.64. The molecule has 104 valence electrons. The Kier molecular flexibility index (Phi) is 2.93. The highest BCUT2D eigenvalue weighted by atomic mass is 15.0. The van der Waals surface area contributed by atoms with Crippen molar-refractivity contribution in [2.45, 2.75) is 64.3 Å². The van der Waals surface area contributed by atoms with E-state index in [0.717, 1.165) is 29.7 Å². The maximum atomic E-state index is 4.12. The van der Waals surface area contributed by atoms with Gasteiger partial charge in [0.1, 0.15) is 0 Å². The van der Waals surface area contributed by atoms with Gasteiger partial charge >= 0.3 is 0 Å². The van der Waals surface area contributed by atoms with E-state index in [1.54, 1.807) is 38.5 Å². The van der Waals surface area contributed by atoms with Crippen LogP contribution in [0, 0.1) is 23.2 Å². The van der Waals surface area contributed by atoms with Gasteiger partial charge in [-0.25, -0.2) is 4.98 Å². The summed E-state index contributed by atoms with van der Waals surface area (Å²) in [5.41, 5.74) is 0.781. The van der Waals surface area contributed by atoms with E-state index in [1.807, 2.05) is 12.5 Å². The lowest BCUT2D eigenvalue weighted by atomic mass is 9.48. The first-order valence-electron chi connectivity index (χ1n) is 8.27. The van der Waals surface area contributed by atoms with Gasteiger partial charge < -0.3 is 4.57 Å². The summed E-state index contributed by atoms with van der Waals surface area (Å²) >= 11 is 0. The van der Waals surface area contributed by atoms with Crippen LogP contribution in [0.4, 0.5) is 0 Å². The molecule has 0 amide bonds. The monoisotopic (exact) mass is 258 g/mol. The van der Waals surface area contributed by atoms with Crippen molar-refractivity contribution in [2.24, 2.45) is 23.2 Å². The Bertz CT molecular complexity index is 385. The molecule has 5 rings (SSSR count). The van der Waals surface area contributed by atoms with Crippen LogP contribution in [-0.4, -0.2) is 9.55 Å². The lowest BCUT2D eigenvalue weighted by molar-refractivity contribution is -0.0584. The maximum absolute atomic E-state index is 4.12. The lowest BCUT2D eigenvalue weighted by Gasteiger charge is -2.57. The fraction of sp³-hybridized carbons (Fsp3) is 0.824. The minimum absolute atomic E-state index is 0.781. The van der Waals surface area contributed by atoms with Crippen molar-refractivity contribution in [2.75, 3.05) is 0 Å². The number of aryl methyl sites for hydroxylation is 1. The minimum atomic E-state index is 0.781. The van der Waals surface area contributed by atoms with E-state index in [0.29, 0.717) is 0 Å². The third-order valence-corrected chi connectivity index (χ3v) is 6.10. The van der Waals surface area contributed by atoms with Gasteiger partial charge in [0, 0.05) is 18.9 Å². The molecule has 0 aromatic carbocycles. The maximum Gasteiger partial charge on any atom is 0.0945 e. The Balaban J connectivity index is 1.30. The molecule has 19 heavy (non-hydrogen) atoms. The largest absolute Gasteiger partial charge is 0.337 e. The van der Waals surface area contributed by atoms with E-state index in [2.05, 4.69) is 15.7 Å². The Hall–Kier alpha value is -0.790. The number of aromatic nitrogens is 2. The van der Waals surface area contributed by atoms with Crippen molar-refractivity contribution in [3.8, 4) is 0 Å². The third kappa shape index (κ3) is 2.34. The summed E-state index contributed by atoms with van der Waals surface area (Å²) in [6, 6.07) is 0. The second-order valence-corrected chi connectivity index (χ2v) is 7.68. The summed E-state index contributed by atoms with van der Waals surface area (Å²) in [5.74, 6) is 3.33. The van der Waals surface area contributed by atoms with Crippen LogP contribution in [0.1, 0.15) is 57.8 Å². The molecule has 1 aromatic heterocycles. The van der Waals surface area contributed by atoms with Gasteiger partial charge in [-0.1, -0.05) is 6.42 Å². The van der Waals surface area contributed by atoms with E-state index in [9.17, 15) is 0 Å². The first-order chi connectivity index (χ1) is 9.31. The fourth-order valence-corrected chi connectivity index (χ4v) is 5.81. The summed E-state index contributed by atoms with van der Waals surface area (Å²) in [6.45, 7) is 1.16. The number of imidazole rings is 1. The van der Waals surface area contributed by atoms with E-state index in [1.165, 1.54) is 19.3 Å². The zero-order valence-corrected chi connectivity index (χ0v) is 11.9. The quantitative estimate of drug-likeness (QED) is 0.721. The summed E-state index contributed by atoms with van der Waals surface area (Å²) in [7, 11) is 0. The Morgan fingerprint density at radius 2 is 1.68 bits per heavy atom. The molecule has 4 fully saturated rings. The van der Waals surface area contributed by atoms with Gasteiger partial charge in [0.15, 0.2) is 0 Å². The van der Waals surface area contributed by atoms with Crippen molar-refractivity contribution in [1.29, 1.82) is 0 Å². The Morgan fingerprint density at radius 3 is 2.26 bits per heavy atom. The van der Waals surface area contributed by atoms with Gasteiger partial charge in [-0.15, -0.1) is 0 Å². The molecule has 1 heterocycles. The number of unbranched alkanes of at least 4 members (excludes halogenated alkanes) is 1. The van der Waals surface area contributed by atoms with Crippen LogP contribution in [0.5, 0.6) is 0 Å². The Labute approximate surface area is 116 Å². The molecule has 4 bridgehead atoms. The fourth-order valence-electron chi connectivity index (χ4n) is 5.81. The highest BCUT2D eigenvalue weighted by Crippen LogP contribution is 2.61. The number of hydrogen-bond acceptors (Lipinski definition) is 1. The highest BCUT2D eigenvalue weighted by Gasteiger charge is 2.50. The summed E-state index contributed by atoms with van der Waals surface area (Å²) in [6.07, 6.45) is 19.6. The molecule has 4 saturated carbocycles. The third-order valence-electron chi connectivity index (χ3n) is 6.10. The number of rotatable bonds is 5. The molecule has 0 atom stereocenters. The van der Waals surface area contributed by atoms with Gasteiger partial charge in [0.05, 0.1) is 6.33 Å². The van der Waals surface area contributed by atoms with Gasteiger partial charge in [0.2, 0.25) is 0 Å². The molecule has 4 aliphatic rings.